The van der Waals surface area contributed by atoms with Gasteiger partial charge in [0, 0.05) is 13.1 Å². The molecular weight excluding hydrogens is 338 g/mol. The molecule has 27 heavy (non-hydrogen) atoms. The van der Waals surface area contributed by atoms with Crippen LogP contribution >= 0.6 is 0 Å². The normalized spacial score (nSPS) is 19.9. The summed E-state index contributed by atoms with van der Waals surface area (Å²) in [6, 6.07) is 9.16. The molecule has 1 fully saturated rings. The van der Waals surface area contributed by atoms with Crippen molar-refractivity contribution in [1.29, 1.82) is 0 Å². The van der Waals surface area contributed by atoms with Gasteiger partial charge in [-0.25, -0.2) is 4.79 Å². The third-order valence-corrected chi connectivity index (χ3v) is 4.99. The van der Waals surface area contributed by atoms with Gasteiger partial charge >= 0.3 is 5.97 Å². The zero-order chi connectivity index (χ0) is 19.9. The van der Waals surface area contributed by atoms with Crippen LogP contribution in [0.1, 0.15) is 45.3 Å². The summed E-state index contributed by atoms with van der Waals surface area (Å²) < 4.78 is 5.78. The van der Waals surface area contributed by atoms with Crippen LogP contribution in [-0.4, -0.2) is 40.7 Å². The lowest BCUT2D eigenvalue weighted by Crippen LogP contribution is -2.50. The van der Waals surface area contributed by atoms with Gasteiger partial charge in [-0.2, -0.15) is 0 Å². The van der Waals surface area contributed by atoms with Crippen molar-refractivity contribution in [2.24, 2.45) is 0 Å². The molecule has 4 nitrogen and oxygen atoms in total. The van der Waals surface area contributed by atoms with Crippen LogP contribution in [0.4, 0.5) is 0 Å². The van der Waals surface area contributed by atoms with Gasteiger partial charge in [-0.3, -0.25) is 4.90 Å². The summed E-state index contributed by atoms with van der Waals surface area (Å²) in [6.07, 6.45) is 8.47. The Kier molecular flexibility index (Phi) is 7.57. The molecule has 0 amide bonds. The summed E-state index contributed by atoms with van der Waals surface area (Å²) in [5, 5.41) is 10.2. The van der Waals surface area contributed by atoms with Gasteiger partial charge in [0.15, 0.2) is 0 Å². The Morgan fingerprint density at radius 2 is 1.89 bits per heavy atom. The highest BCUT2D eigenvalue weighted by atomic mass is 16.5. The van der Waals surface area contributed by atoms with Crippen LogP contribution < -0.4 is 0 Å². The minimum atomic E-state index is -0.676. The lowest BCUT2D eigenvalue weighted by atomic mass is 9.92. The Labute approximate surface area is 162 Å². The van der Waals surface area contributed by atoms with Gasteiger partial charge in [0.05, 0.1) is 5.60 Å². The SMILES string of the molecule is C=C(/C=C\C=C/C)[C@H](C(=O)O[C@@H](C)c1ccccc1)N1CCC(C)(O)CC1. The second kappa shape index (κ2) is 9.67. The number of esters is 1. The lowest BCUT2D eigenvalue weighted by Gasteiger charge is -2.39. The number of likely N-dealkylation sites (tertiary alicyclic amines) is 1. The molecular formula is C23H31NO3. The average Bonchev–Trinajstić information content (AvgIpc) is 2.64. The number of piperidine rings is 1. The van der Waals surface area contributed by atoms with Crippen LogP contribution in [0.2, 0.25) is 0 Å². The molecule has 0 bridgehead atoms. The molecule has 2 atom stereocenters. The fourth-order valence-corrected chi connectivity index (χ4v) is 3.21. The maximum atomic E-state index is 13.0. The summed E-state index contributed by atoms with van der Waals surface area (Å²) in [7, 11) is 0. The minimum Gasteiger partial charge on any atom is -0.456 e. The van der Waals surface area contributed by atoms with E-state index in [9.17, 15) is 9.90 Å². The Morgan fingerprint density at radius 3 is 2.48 bits per heavy atom. The largest absolute Gasteiger partial charge is 0.456 e. The Bertz CT molecular complexity index is 681. The van der Waals surface area contributed by atoms with Crippen molar-refractivity contribution in [2.45, 2.75) is 51.4 Å². The number of carbonyl (C=O) groups excluding carboxylic acids is 1. The molecule has 0 unspecified atom stereocenters. The quantitative estimate of drug-likeness (QED) is 0.578. The van der Waals surface area contributed by atoms with Crippen molar-refractivity contribution in [3.8, 4) is 0 Å². The first kappa shape index (κ1) is 21.1. The van der Waals surface area contributed by atoms with E-state index in [0.717, 1.165) is 5.56 Å². The molecule has 0 spiro atoms. The van der Waals surface area contributed by atoms with Crippen LogP contribution in [0.3, 0.4) is 0 Å². The van der Waals surface area contributed by atoms with Gasteiger partial charge in [0.1, 0.15) is 12.1 Å². The van der Waals surface area contributed by atoms with E-state index in [1.807, 2.05) is 75.4 Å². The number of nitrogens with zero attached hydrogens (tertiary/aromatic N) is 1. The average molecular weight is 370 g/mol. The highest BCUT2D eigenvalue weighted by Crippen LogP contribution is 2.27. The van der Waals surface area contributed by atoms with Crippen molar-refractivity contribution in [2.75, 3.05) is 13.1 Å². The van der Waals surface area contributed by atoms with Gasteiger partial charge in [-0.15, -0.1) is 0 Å². The van der Waals surface area contributed by atoms with Crippen LogP contribution in [0, 0.1) is 0 Å². The molecule has 2 rings (SSSR count). The maximum absolute atomic E-state index is 13.0. The van der Waals surface area contributed by atoms with Gasteiger partial charge in [-0.05, 0) is 44.7 Å². The lowest BCUT2D eigenvalue weighted by molar-refractivity contribution is -0.155. The Hall–Kier alpha value is -2.17. The zero-order valence-electron chi connectivity index (χ0n) is 16.6. The van der Waals surface area contributed by atoms with Gasteiger partial charge in [0.25, 0.3) is 0 Å². The third-order valence-electron chi connectivity index (χ3n) is 4.99. The third kappa shape index (κ3) is 6.19. The highest BCUT2D eigenvalue weighted by Gasteiger charge is 2.36. The van der Waals surface area contributed by atoms with Crippen LogP contribution in [0.15, 0.2) is 66.8 Å². The van der Waals surface area contributed by atoms with Gasteiger partial charge in [-0.1, -0.05) is 61.2 Å². The minimum absolute atomic E-state index is 0.303. The van der Waals surface area contributed by atoms with Gasteiger partial charge in [0.2, 0.25) is 0 Å². The number of aliphatic hydroxyl groups is 1. The van der Waals surface area contributed by atoms with Crippen molar-refractivity contribution < 1.29 is 14.6 Å². The first-order valence-electron chi connectivity index (χ1n) is 9.54. The number of rotatable bonds is 7. The summed E-state index contributed by atoms with van der Waals surface area (Å²) in [4.78, 5) is 15.1. The second-order valence-corrected chi connectivity index (χ2v) is 7.39. The van der Waals surface area contributed by atoms with E-state index in [2.05, 4.69) is 11.5 Å². The first-order valence-corrected chi connectivity index (χ1v) is 9.54. The van der Waals surface area contributed by atoms with E-state index in [1.165, 1.54) is 0 Å². The summed E-state index contributed by atoms with van der Waals surface area (Å²) in [5.74, 6) is -0.303. The second-order valence-electron chi connectivity index (χ2n) is 7.39. The van der Waals surface area contributed by atoms with E-state index < -0.39 is 11.6 Å². The molecule has 1 aromatic carbocycles. The standard InChI is InChI=1S/C23H31NO3/c1-5-6-8-11-18(2)21(24-16-14-23(4,26)15-17-24)22(25)27-19(3)20-12-9-7-10-13-20/h5-13,19,21,26H,2,14-17H2,1,3-4H3/b6-5-,11-8-/t19-,21+/m0/s1. The van der Waals surface area contributed by atoms with Crippen molar-refractivity contribution in [1.82, 2.24) is 4.90 Å². The predicted molar refractivity (Wildman–Crippen MR) is 109 cm³/mol. The van der Waals surface area contributed by atoms with E-state index in [4.69, 9.17) is 4.74 Å². The van der Waals surface area contributed by atoms with E-state index in [0.29, 0.717) is 31.5 Å². The smallest absolute Gasteiger partial charge is 0.328 e. The predicted octanol–water partition coefficient (Wildman–Crippen LogP) is 4.19. The number of ether oxygens (including phenoxy) is 1. The number of hydrogen-bond acceptors (Lipinski definition) is 4. The molecule has 1 N–H and O–H groups in total. The number of carbonyl (C=O) groups is 1. The Morgan fingerprint density at radius 1 is 1.26 bits per heavy atom. The molecule has 1 aliphatic rings. The topological polar surface area (TPSA) is 49.8 Å². The van der Waals surface area contributed by atoms with E-state index in [1.54, 1.807) is 0 Å². The summed E-state index contributed by atoms with van der Waals surface area (Å²) in [6.45, 7) is 11.0. The monoisotopic (exact) mass is 369 g/mol. The first-order chi connectivity index (χ1) is 12.8. The summed E-state index contributed by atoms with van der Waals surface area (Å²) in [5.41, 5.74) is 0.978. The fourth-order valence-electron chi connectivity index (χ4n) is 3.21. The number of allylic oxidation sites excluding steroid dienone is 3. The molecule has 1 heterocycles. The fraction of sp³-hybridized carbons (Fsp3) is 0.435. The van der Waals surface area contributed by atoms with Crippen LogP contribution in [0.25, 0.3) is 0 Å². The Balaban J connectivity index is 2.15. The molecule has 0 saturated carbocycles. The molecule has 0 aromatic heterocycles. The molecule has 4 heteroatoms. The number of hydrogen-bond donors (Lipinski definition) is 1. The highest BCUT2D eigenvalue weighted by molar-refractivity contribution is 5.80. The molecule has 1 aliphatic heterocycles. The van der Waals surface area contributed by atoms with E-state index in [-0.39, 0.29) is 12.1 Å². The summed E-state index contributed by atoms with van der Waals surface area (Å²) >= 11 is 0. The number of benzene rings is 1. The van der Waals surface area contributed by atoms with E-state index >= 15 is 0 Å². The molecule has 1 saturated heterocycles. The van der Waals surface area contributed by atoms with Crippen molar-refractivity contribution >= 4 is 5.97 Å². The molecule has 1 aromatic rings. The van der Waals surface area contributed by atoms with Crippen molar-refractivity contribution in [3.63, 3.8) is 0 Å². The van der Waals surface area contributed by atoms with Crippen LogP contribution in [0.5, 0.6) is 0 Å². The zero-order valence-corrected chi connectivity index (χ0v) is 16.6. The van der Waals surface area contributed by atoms with Crippen molar-refractivity contribution in [3.05, 3.63) is 72.4 Å². The molecule has 146 valence electrons. The molecule has 0 radical (unpaired) electrons. The van der Waals surface area contributed by atoms with Gasteiger partial charge < -0.3 is 9.84 Å². The maximum Gasteiger partial charge on any atom is 0.328 e. The molecule has 0 aliphatic carbocycles. The van der Waals surface area contributed by atoms with Crippen LogP contribution in [-0.2, 0) is 9.53 Å².